The van der Waals surface area contributed by atoms with Crippen LogP contribution in [-0.4, -0.2) is 120 Å². The van der Waals surface area contributed by atoms with E-state index in [1.165, 1.54) is 11.8 Å². The number of aromatic nitrogens is 5. The number of thiazole rings is 1. The van der Waals surface area contributed by atoms with Crippen LogP contribution in [0.5, 0.6) is 0 Å². The molecule has 71 heavy (non-hydrogen) atoms. The lowest BCUT2D eigenvalue weighted by molar-refractivity contribution is -0.144. The molecule has 0 unspecified atom stereocenters. The molecular formula is C52H65N11O7S. The number of anilines is 3. The van der Waals surface area contributed by atoms with E-state index in [-0.39, 0.29) is 66.6 Å². The smallest absolute Gasteiger partial charge is 0.263 e. The van der Waals surface area contributed by atoms with Crippen molar-refractivity contribution in [1.29, 1.82) is 0 Å². The van der Waals surface area contributed by atoms with Crippen molar-refractivity contribution in [2.45, 2.75) is 130 Å². The molecule has 0 spiro atoms. The number of aryl methyl sites for hydroxylation is 2. The second-order valence-electron chi connectivity index (χ2n) is 20.1. The lowest BCUT2D eigenvalue weighted by Crippen LogP contribution is -2.57. The number of benzene rings is 1. The first-order valence-corrected chi connectivity index (χ1v) is 25.6. The number of amides is 4. The van der Waals surface area contributed by atoms with Crippen LogP contribution in [0.3, 0.4) is 0 Å². The summed E-state index contributed by atoms with van der Waals surface area (Å²) in [7, 11) is 0. The molecule has 0 radical (unpaired) electrons. The zero-order valence-corrected chi connectivity index (χ0v) is 42.3. The van der Waals surface area contributed by atoms with Crippen LogP contribution in [0.4, 0.5) is 17.5 Å². The third-order valence-corrected chi connectivity index (χ3v) is 15.0. The topological polar surface area (TPSA) is 225 Å². The maximum absolute atomic E-state index is 14.1. The van der Waals surface area contributed by atoms with Crippen molar-refractivity contribution in [2.24, 2.45) is 5.41 Å². The fourth-order valence-corrected chi connectivity index (χ4v) is 10.8. The predicted molar refractivity (Wildman–Crippen MR) is 272 cm³/mol. The first-order valence-electron chi connectivity index (χ1n) is 24.7. The molecule has 3 aliphatic rings. The molecule has 19 heteroatoms. The fourth-order valence-electron chi connectivity index (χ4n) is 10.0. The van der Waals surface area contributed by atoms with Gasteiger partial charge in [-0.3, -0.25) is 33.3 Å². The highest BCUT2D eigenvalue weighted by atomic mass is 32.1. The number of rotatable bonds is 16. The van der Waals surface area contributed by atoms with E-state index in [1.54, 1.807) is 35.2 Å². The summed E-state index contributed by atoms with van der Waals surface area (Å²) in [5, 5.41) is 20.3. The number of ketones is 1. The first kappa shape index (κ1) is 50.8. The van der Waals surface area contributed by atoms with Crippen molar-refractivity contribution < 1.29 is 29.1 Å². The van der Waals surface area contributed by atoms with E-state index in [2.05, 4.69) is 35.8 Å². The number of likely N-dealkylation sites (tertiary alicyclic amines) is 1. The summed E-state index contributed by atoms with van der Waals surface area (Å²) in [6, 6.07) is 9.81. The molecule has 8 rings (SSSR count). The van der Waals surface area contributed by atoms with Gasteiger partial charge in [-0.25, -0.2) is 15.0 Å². The maximum Gasteiger partial charge on any atom is 0.263 e. The molecule has 3 atom stereocenters. The molecule has 6 heterocycles. The Morgan fingerprint density at radius 1 is 0.901 bits per heavy atom. The molecule has 1 saturated carbocycles. The predicted octanol–water partition coefficient (Wildman–Crippen LogP) is 6.01. The zero-order valence-electron chi connectivity index (χ0n) is 41.5. The normalized spacial score (nSPS) is 17.9. The van der Waals surface area contributed by atoms with Gasteiger partial charge >= 0.3 is 0 Å². The van der Waals surface area contributed by atoms with E-state index in [0.29, 0.717) is 73.8 Å². The van der Waals surface area contributed by atoms with Crippen molar-refractivity contribution >= 4 is 69.2 Å². The van der Waals surface area contributed by atoms with Gasteiger partial charge in [-0.05, 0) is 80.7 Å². The van der Waals surface area contributed by atoms with Crippen LogP contribution in [0.15, 0.2) is 59.1 Å². The summed E-state index contributed by atoms with van der Waals surface area (Å²) in [5.74, 6) is -0.532. The van der Waals surface area contributed by atoms with Crippen molar-refractivity contribution in [3.8, 4) is 10.4 Å². The van der Waals surface area contributed by atoms with Crippen LogP contribution in [0.1, 0.15) is 119 Å². The molecule has 0 bridgehead atoms. The lowest BCUT2D eigenvalue weighted by Gasteiger charge is -2.36. The molecule has 1 aromatic carbocycles. The number of aliphatic hydroxyl groups excluding tert-OH is 1. The summed E-state index contributed by atoms with van der Waals surface area (Å²) in [6.07, 6.45) is 7.76. The van der Waals surface area contributed by atoms with Gasteiger partial charge in [0, 0.05) is 76.2 Å². The minimum absolute atomic E-state index is 0.0131. The van der Waals surface area contributed by atoms with Crippen LogP contribution in [0.2, 0.25) is 0 Å². The van der Waals surface area contributed by atoms with Crippen molar-refractivity contribution in [1.82, 2.24) is 44.9 Å². The number of pyridine rings is 2. The van der Waals surface area contributed by atoms with Gasteiger partial charge in [-0.2, -0.15) is 4.98 Å². The molecule has 1 aliphatic carbocycles. The highest BCUT2D eigenvalue weighted by molar-refractivity contribution is 7.13. The Labute approximate surface area is 417 Å². The summed E-state index contributed by atoms with van der Waals surface area (Å²) in [5.41, 5.74) is 5.90. The van der Waals surface area contributed by atoms with Crippen LogP contribution >= 0.6 is 11.3 Å². The van der Waals surface area contributed by atoms with Crippen LogP contribution in [0, 0.1) is 19.3 Å². The summed E-state index contributed by atoms with van der Waals surface area (Å²) >= 11 is 1.57. The SMILES string of the molecule is CC(=O)c1c(C)c2cnc(Nc3ccc(N4CCN(C(=O)CCCCC(=O)N[C@H](C(=O)N5C[C@H](O)C[C@H]5C(=O)NCc5ccc(-c6scnc6C)cc5)C(C)(C)C)CC4)cn3)nc2n(C2CCCC2)c1=O. The molecule has 3 fully saturated rings. The van der Waals surface area contributed by atoms with E-state index in [4.69, 9.17) is 4.98 Å². The third-order valence-electron chi connectivity index (χ3n) is 14.0. The zero-order chi connectivity index (χ0) is 50.6. The van der Waals surface area contributed by atoms with Crippen LogP contribution in [0.25, 0.3) is 21.5 Å². The number of hydrogen-bond acceptors (Lipinski definition) is 14. The van der Waals surface area contributed by atoms with Gasteiger partial charge in [0.1, 0.15) is 23.5 Å². The number of hydrogen-bond donors (Lipinski definition) is 4. The Bertz CT molecular complexity index is 2830. The quantitative estimate of drug-likeness (QED) is 0.0658. The Kier molecular flexibility index (Phi) is 15.6. The average molecular weight is 988 g/mol. The number of aliphatic hydroxyl groups is 1. The average Bonchev–Trinajstić information content (AvgIpc) is 4.13. The number of β-amino-alcohol motifs (C(OH)–C–C–N with tert-alkyl or cyclic N) is 1. The number of nitrogens with zero attached hydrogens (tertiary/aromatic N) is 8. The molecule has 4 aromatic heterocycles. The standard InChI is InChI=1S/C52H65N11O7S/c1-31-39-28-55-51(59-47(39)63(36-11-7-8-12-36)49(69)44(31)33(3)64)57-41-20-19-37(27-53-41)60-21-23-61(24-22-60)43(67)14-10-9-13-42(66)58-46(52(4,5)6)50(70)62-29-38(65)25-40(62)48(68)54-26-34-15-17-35(18-16-34)45-32(2)56-30-71-45/h15-20,27-28,30,36,38,40,46,65H,7-14,21-26,29H2,1-6H3,(H,54,68)(H,58,66)(H,53,55,57,59)/t38-,40+,46-/m1/s1. The summed E-state index contributed by atoms with van der Waals surface area (Å²) in [6.45, 7) is 13.3. The Balaban J connectivity index is 0.778. The number of piperazine rings is 1. The van der Waals surface area contributed by atoms with E-state index in [0.717, 1.165) is 53.1 Å². The molecule has 5 aromatic rings. The minimum Gasteiger partial charge on any atom is -0.391 e. The highest BCUT2D eigenvalue weighted by Crippen LogP contribution is 2.33. The Morgan fingerprint density at radius 3 is 2.27 bits per heavy atom. The van der Waals surface area contributed by atoms with Gasteiger partial charge in [0.25, 0.3) is 5.56 Å². The third kappa shape index (κ3) is 11.6. The number of carbonyl (C=O) groups is 5. The number of carbonyl (C=O) groups excluding carboxylic acids is 5. The van der Waals surface area contributed by atoms with E-state index in [1.807, 2.05) is 74.5 Å². The Morgan fingerprint density at radius 2 is 1.62 bits per heavy atom. The van der Waals surface area contributed by atoms with E-state index in [9.17, 15) is 33.9 Å². The van der Waals surface area contributed by atoms with Gasteiger partial charge < -0.3 is 35.8 Å². The summed E-state index contributed by atoms with van der Waals surface area (Å²) in [4.78, 5) is 105. The molecule has 376 valence electrons. The molecule has 18 nitrogen and oxygen atoms in total. The summed E-state index contributed by atoms with van der Waals surface area (Å²) < 4.78 is 1.69. The highest BCUT2D eigenvalue weighted by Gasteiger charge is 2.44. The number of unbranched alkanes of at least 4 members (excludes halogenated alkanes) is 1. The number of nitrogens with one attached hydrogen (secondary N) is 3. The first-order chi connectivity index (χ1) is 34.0. The lowest BCUT2D eigenvalue weighted by atomic mass is 9.85. The van der Waals surface area contributed by atoms with Gasteiger partial charge in [0.2, 0.25) is 29.6 Å². The second kappa shape index (κ2) is 21.8. The fraction of sp³-hybridized carbons (Fsp3) is 0.500. The minimum atomic E-state index is -0.936. The Hall–Kier alpha value is -6.60. The van der Waals surface area contributed by atoms with Crippen molar-refractivity contribution in [3.63, 3.8) is 0 Å². The van der Waals surface area contributed by atoms with Gasteiger partial charge in [-0.15, -0.1) is 11.3 Å². The molecule has 4 amide bonds. The molecule has 2 saturated heterocycles. The number of Topliss-reactive ketones (excluding diaryl/α,β-unsaturated/α-hetero) is 1. The van der Waals surface area contributed by atoms with Gasteiger partial charge in [0.05, 0.1) is 39.6 Å². The van der Waals surface area contributed by atoms with E-state index >= 15 is 0 Å². The second-order valence-corrected chi connectivity index (χ2v) is 21.0. The van der Waals surface area contributed by atoms with Crippen LogP contribution < -0.4 is 26.4 Å². The van der Waals surface area contributed by atoms with Crippen molar-refractivity contribution in [2.75, 3.05) is 42.9 Å². The monoisotopic (exact) mass is 987 g/mol. The molecule has 4 N–H and O–H groups in total. The van der Waals surface area contributed by atoms with E-state index < -0.39 is 29.5 Å². The van der Waals surface area contributed by atoms with Gasteiger partial charge in [0.15, 0.2) is 5.78 Å². The molecular weight excluding hydrogens is 923 g/mol. The van der Waals surface area contributed by atoms with Crippen molar-refractivity contribution in [3.05, 3.63) is 87.0 Å². The molecule has 2 aliphatic heterocycles. The maximum atomic E-state index is 14.1. The van der Waals surface area contributed by atoms with Crippen LogP contribution in [-0.2, 0) is 25.7 Å². The van der Waals surface area contributed by atoms with Gasteiger partial charge in [-0.1, -0.05) is 57.9 Å². The largest absolute Gasteiger partial charge is 0.391 e. The number of fused-ring (bicyclic) bond motifs is 1.